The largest absolute Gasteiger partial charge is 0.468 e. The fraction of sp³-hybridized carbons (Fsp3) is 0.846. The number of ketones is 1. The van der Waals surface area contributed by atoms with Crippen LogP contribution in [-0.2, 0) is 19.1 Å². The summed E-state index contributed by atoms with van der Waals surface area (Å²) in [6.45, 7) is 3.72. The van der Waals surface area contributed by atoms with Crippen molar-refractivity contribution in [3.63, 3.8) is 0 Å². The smallest absolute Gasteiger partial charge is 0.316 e. The Bertz CT molecular complexity index is 290. The summed E-state index contributed by atoms with van der Waals surface area (Å²) in [4.78, 5) is 24.2. The zero-order valence-electron chi connectivity index (χ0n) is 11.1. The highest BCUT2D eigenvalue weighted by Gasteiger charge is 2.47. The highest BCUT2D eigenvalue weighted by atomic mass is 16.5. The van der Waals surface area contributed by atoms with E-state index in [-0.39, 0.29) is 11.7 Å². The topological polar surface area (TPSA) is 52.6 Å². The zero-order chi connectivity index (χ0) is 13.1. The Morgan fingerprint density at radius 2 is 1.65 bits per heavy atom. The SMILES string of the molecule is COC(=O)C(C(=O)C1(OC)CCCC1)C(C)C. The van der Waals surface area contributed by atoms with Gasteiger partial charge in [0.2, 0.25) is 0 Å². The Kier molecular flexibility index (Phi) is 4.69. The lowest BCUT2D eigenvalue weighted by molar-refractivity contribution is -0.160. The molecule has 1 atom stereocenters. The Morgan fingerprint density at radius 3 is 2.00 bits per heavy atom. The van der Waals surface area contributed by atoms with E-state index >= 15 is 0 Å². The molecule has 1 aliphatic carbocycles. The van der Waals surface area contributed by atoms with Crippen LogP contribution in [0, 0.1) is 11.8 Å². The van der Waals surface area contributed by atoms with E-state index < -0.39 is 17.5 Å². The Labute approximate surface area is 103 Å². The molecule has 4 nitrogen and oxygen atoms in total. The third kappa shape index (κ3) is 2.68. The summed E-state index contributed by atoms with van der Waals surface area (Å²) in [5.74, 6) is -1.34. The van der Waals surface area contributed by atoms with Crippen LogP contribution in [0.3, 0.4) is 0 Å². The van der Waals surface area contributed by atoms with Crippen molar-refractivity contribution in [2.24, 2.45) is 11.8 Å². The number of methoxy groups -OCH3 is 2. The summed E-state index contributed by atoms with van der Waals surface area (Å²) >= 11 is 0. The van der Waals surface area contributed by atoms with E-state index in [2.05, 4.69) is 0 Å². The minimum absolute atomic E-state index is 0.0671. The van der Waals surface area contributed by atoms with Gasteiger partial charge in [0.05, 0.1) is 7.11 Å². The lowest BCUT2D eigenvalue weighted by atomic mass is 9.81. The molecule has 1 aliphatic rings. The molecule has 17 heavy (non-hydrogen) atoms. The molecule has 1 fully saturated rings. The Morgan fingerprint density at radius 1 is 1.12 bits per heavy atom. The van der Waals surface area contributed by atoms with E-state index in [9.17, 15) is 9.59 Å². The molecule has 1 rings (SSSR count). The number of esters is 1. The molecular formula is C13H22O4. The van der Waals surface area contributed by atoms with Gasteiger partial charge in [-0.15, -0.1) is 0 Å². The second-order valence-electron chi connectivity index (χ2n) is 5.01. The number of ether oxygens (including phenoxy) is 2. The van der Waals surface area contributed by atoms with Crippen LogP contribution in [0.15, 0.2) is 0 Å². The number of carbonyl (C=O) groups is 2. The first-order valence-corrected chi connectivity index (χ1v) is 6.16. The molecule has 0 saturated heterocycles. The van der Waals surface area contributed by atoms with Gasteiger partial charge < -0.3 is 9.47 Å². The number of Topliss-reactive ketones (excluding diaryl/α,β-unsaturated/α-hetero) is 1. The van der Waals surface area contributed by atoms with Crippen molar-refractivity contribution in [3.05, 3.63) is 0 Å². The summed E-state index contributed by atoms with van der Waals surface area (Å²) in [5.41, 5.74) is -0.761. The molecule has 0 bridgehead atoms. The van der Waals surface area contributed by atoms with E-state index in [1.165, 1.54) is 7.11 Å². The first-order chi connectivity index (χ1) is 7.98. The van der Waals surface area contributed by atoms with Gasteiger partial charge >= 0.3 is 5.97 Å². The lowest BCUT2D eigenvalue weighted by Gasteiger charge is -2.30. The van der Waals surface area contributed by atoms with Gasteiger partial charge in [0.15, 0.2) is 5.78 Å². The molecule has 0 amide bonds. The molecule has 4 heteroatoms. The molecule has 0 aromatic heterocycles. The highest BCUT2D eigenvalue weighted by Crippen LogP contribution is 2.37. The minimum Gasteiger partial charge on any atom is -0.468 e. The second-order valence-corrected chi connectivity index (χ2v) is 5.01. The number of hydrogen-bond acceptors (Lipinski definition) is 4. The molecular weight excluding hydrogens is 220 g/mol. The van der Waals surface area contributed by atoms with Crippen molar-refractivity contribution in [1.82, 2.24) is 0 Å². The Hall–Kier alpha value is -0.900. The van der Waals surface area contributed by atoms with Crippen molar-refractivity contribution < 1.29 is 19.1 Å². The maximum atomic E-state index is 12.5. The first kappa shape index (κ1) is 14.2. The average molecular weight is 242 g/mol. The van der Waals surface area contributed by atoms with Crippen molar-refractivity contribution >= 4 is 11.8 Å². The second kappa shape index (κ2) is 5.63. The van der Waals surface area contributed by atoms with Gasteiger partial charge in [0, 0.05) is 7.11 Å². The average Bonchev–Trinajstić information content (AvgIpc) is 2.78. The molecule has 0 N–H and O–H groups in total. The monoisotopic (exact) mass is 242 g/mol. The van der Waals surface area contributed by atoms with Crippen LogP contribution < -0.4 is 0 Å². The van der Waals surface area contributed by atoms with Crippen molar-refractivity contribution in [2.45, 2.75) is 45.1 Å². The molecule has 0 spiro atoms. The third-order valence-corrected chi connectivity index (χ3v) is 3.66. The van der Waals surface area contributed by atoms with Crippen LogP contribution in [0.5, 0.6) is 0 Å². The fourth-order valence-electron chi connectivity index (χ4n) is 2.59. The molecule has 98 valence electrons. The van der Waals surface area contributed by atoms with E-state index in [1.54, 1.807) is 7.11 Å². The fourth-order valence-corrected chi connectivity index (χ4v) is 2.59. The summed E-state index contributed by atoms with van der Waals surface area (Å²) in [5, 5.41) is 0. The van der Waals surface area contributed by atoms with Gasteiger partial charge in [0.1, 0.15) is 11.5 Å². The van der Waals surface area contributed by atoms with E-state index in [4.69, 9.17) is 9.47 Å². The maximum Gasteiger partial charge on any atom is 0.316 e. The van der Waals surface area contributed by atoms with E-state index in [0.717, 1.165) is 12.8 Å². The van der Waals surface area contributed by atoms with E-state index in [1.807, 2.05) is 13.8 Å². The highest BCUT2D eigenvalue weighted by molar-refractivity contribution is 6.03. The normalized spacial score (nSPS) is 20.3. The minimum atomic E-state index is -0.761. The van der Waals surface area contributed by atoms with Gasteiger partial charge in [-0.2, -0.15) is 0 Å². The molecule has 0 aromatic carbocycles. The van der Waals surface area contributed by atoms with Crippen LogP contribution in [0.1, 0.15) is 39.5 Å². The van der Waals surface area contributed by atoms with Crippen LogP contribution in [0.25, 0.3) is 0 Å². The quantitative estimate of drug-likeness (QED) is 0.546. The van der Waals surface area contributed by atoms with Crippen LogP contribution in [0.2, 0.25) is 0 Å². The van der Waals surface area contributed by atoms with Crippen LogP contribution in [0.4, 0.5) is 0 Å². The number of carbonyl (C=O) groups excluding carboxylic acids is 2. The zero-order valence-corrected chi connectivity index (χ0v) is 11.1. The maximum absolute atomic E-state index is 12.5. The lowest BCUT2D eigenvalue weighted by Crippen LogP contribution is -2.46. The Balaban J connectivity index is 2.94. The van der Waals surface area contributed by atoms with Gasteiger partial charge in [-0.3, -0.25) is 9.59 Å². The van der Waals surface area contributed by atoms with Crippen molar-refractivity contribution in [2.75, 3.05) is 14.2 Å². The number of rotatable bonds is 5. The molecule has 0 aromatic rings. The molecule has 0 aliphatic heterocycles. The molecule has 1 unspecified atom stereocenters. The van der Waals surface area contributed by atoms with E-state index in [0.29, 0.717) is 12.8 Å². The van der Waals surface area contributed by atoms with Gasteiger partial charge in [-0.25, -0.2) is 0 Å². The van der Waals surface area contributed by atoms with Gasteiger partial charge in [-0.1, -0.05) is 13.8 Å². The predicted octanol–water partition coefficient (Wildman–Crippen LogP) is 1.96. The molecule has 0 heterocycles. The number of hydrogen-bond donors (Lipinski definition) is 0. The summed E-state index contributed by atoms with van der Waals surface area (Å²) in [6, 6.07) is 0. The standard InChI is InChI=1S/C13H22O4/c1-9(2)10(12(15)16-3)11(14)13(17-4)7-5-6-8-13/h9-10H,5-8H2,1-4H3. The summed E-state index contributed by atoms with van der Waals surface area (Å²) < 4.78 is 10.2. The van der Waals surface area contributed by atoms with Crippen LogP contribution in [-0.4, -0.2) is 31.6 Å². The third-order valence-electron chi connectivity index (χ3n) is 3.66. The molecule has 1 saturated carbocycles. The van der Waals surface area contributed by atoms with Crippen molar-refractivity contribution in [3.8, 4) is 0 Å². The molecule has 0 radical (unpaired) electrons. The predicted molar refractivity (Wildman–Crippen MR) is 63.6 cm³/mol. The summed E-state index contributed by atoms with van der Waals surface area (Å²) in [7, 11) is 2.87. The van der Waals surface area contributed by atoms with Gasteiger partial charge in [0.25, 0.3) is 0 Å². The summed E-state index contributed by atoms with van der Waals surface area (Å²) in [6.07, 6.45) is 3.38. The van der Waals surface area contributed by atoms with Crippen molar-refractivity contribution in [1.29, 1.82) is 0 Å². The van der Waals surface area contributed by atoms with Crippen LogP contribution >= 0.6 is 0 Å². The van der Waals surface area contributed by atoms with Gasteiger partial charge in [-0.05, 0) is 31.6 Å². The first-order valence-electron chi connectivity index (χ1n) is 6.16.